The Balaban J connectivity index is 1.53. The van der Waals surface area contributed by atoms with Gasteiger partial charge in [-0.15, -0.1) is 0 Å². The minimum Gasteiger partial charge on any atom is -0.452 e. The van der Waals surface area contributed by atoms with Gasteiger partial charge >= 0.3 is 5.97 Å². The molecule has 0 aliphatic rings. The first-order chi connectivity index (χ1) is 13.5. The van der Waals surface area contributed by atoms with Gasteiger partial charge in [-0.05, 0) is 47.0 Å². The van der Waals surface area contributed by atoms with Crippen molar-refractivity contribution in [2.75, 3.05) is 6.61 Å². The molecule has 5 heteroatoms. The molecule has 1 atom stereocenters. The first kappa shape index (κ1) is 19.3. The van der Waals surface area contributed by atoms with Crippen LogP contribution in [-0.2, 0) is 14.3 Å². The highest BCUT2D eigenvalue weighted by atomic mass is 19.1. The van der Waals surface area contributed by atoms with Crippen molar-refractivity contribution in [2.24, 2.45) is 0 Å². The number of hydrogen-bond acceptors (Lipinski definition) is 3. The molecule has 28 heavy (non-hydrogen) atoms. The normalized spacial score (nSPS) is 12.1. The number of rotatable bonds is 6. The van der Waals surface area contributed by atoms with Gasteiger partial charge in [0.1, 0.15) is 5.82 Å². The van der Waals surface area contributed by atoms with Crippen LogP contribution in [0.2, 0.25) is 0 Å². The summed E-state index contributed by atoms with van der Waals surface area (Å²) in [6.07, 6.45) is 2.70. The lowest BCUT2D eigenvalue weighted by Gasteiger charge is -2.16. The summed E-state index contributed by atoms with van der Waals surface area (Å²) in [4.78, 5) is 23.9. The van der Waals surface area contributed by atoms with Crippen LogP contribution in [-0.4, -0.2) is 18.5 Å². The lowest BCUT2D eigenvalue weighted by molar-refractivity contribution is -0.144. The standard InChI is InChI=1S/C23H20FNO3/c1-16(20-8-4-6-18-5-2-3-7-21(18)20)25-22(26)15-28-23(27)14-11-17-9-12-19(24)13-10-17/h2-14,16H,15H2,1H3,(H,25,26)/b14-11+/t16-/m1/s1. The Kier molecular flexibility index (Phi) is 6.17. The van der Waals surface area contributed by atoms with Crippen molar-refractivity contribution in [2.45, 2.75) is 13.0 Å². The topological polar surface area (TPSA) is 55.4 Å². The van der Waals surface area contributed by atoms with E-state index >= 15 is 0 Å². The summed E-state index contributed by atoms with van der Waals surface area (Å²) in [5.41, 5.74) is 1.65. The number of halogens is 1. The monoisotopic (exact) mass is 377 g/mol. The third-order valence-electron chi connectivity index (χ3n) is 4.29. The van der Waals surface area contributed by atoms with Gasteiger partial charge < -0.3 is 10.1 Å². The summed E-state index contributed by atoms with van der Waals surface area (Å²) in [6.45, 7) is 1.51. The number of carbonyl (C=O) groups excluding carboxylic acids is 2. The third kappa shape index (κ3) is 5.04. The van der Waals surface area contributed by atoms with Crippen LogP contribution in [0.25, 0.3) is 16.8 Å². The molecule has 142 valence electrons. The molecule has 3 aromatic rings. The number of ether oxygens (including phenoxy) is 1. The maximum absolute atomic E-state index is 12.8. The number of esters is 1. The minimum atomic E-state index is -0.641. The molecule has 0 spiro atoms. The van der Waals surface area contributed by atoms with Gasteiger partial charge in [-0.1, -0.05) is 54.6 Å². The maximum atomic E-state index is 12.8. The van der Waals surface area contributed by atoms with E-state index in [0.717, 1.165) is 16.3 Å². The lowest BCUT2D eigenvalue weighted by atomic mass is 10.00. The van der Waals surface area contributed by atoms with Crippen LogP contribution in [0, 0.1) is 5.82 Å². The van der Waals surface area contributed by atoms with E-state index in [-0.39, 0.29) is 24.4 Å². The predicted octanol–water partition coefficient (Wildman–Crippen LogP) is 4.41. The largest absolute Gasteiger partial charge is 0.452 e. The van der Waals surface area contributed by atoms with Crippen molar-refractivity contribution >= 4 is 28.7 Å². The molecule has 3 aromatic carbocycles. The Labute approximate surface area is 162 Å². The number of hydrogen-bond donors (Lipinski definition) is 1. The summed E-state index contributed by atoms with van der Waals surface area (Å²) < 4.78 is 17.8. The van der Waals surface area contributed by atoms with Crippen LogP contribution in [0.5, 0.6) is 0 Å². The highest BCUT2D eigenvalue weighted by molar-refractivity contribution is 5.90. The van der Waals surface area contributed by atoms with Crippen molar-refractivity contribution < 1.29 is 18.7 Å². The second-order valence-electron chi connectivity index (χ2n) is 6.35. The SMILES string of the molecule is C[C@@H](NC(=O)COC(=O)/C=C/c1ccc(F)cc1)c1cccc2ccccc12. The summed E-state index contributed by atoms with van der Waals surface area (Å²) in [6, 6.07) is 19.3. The summed E-state index contributed by atoms with van der Waals surface area (Å²) in [5.74, 6) is -1.38. The van der Waals surface area contributed by atoms with Crippen molar-refractivity contribution in [1.82, 2.24) is 5.32 Å². The molecule has 0 aromatic heterocycles. The quantitative estimate of drug-likeness (QED) is 0.511. The smallest absolute Gasteiger partial charge is 0.331 e. The molecule has 0 unspecified atom stereocenters. The number of benzene rings is 3. The molecule has 1 amide bonds. The van der Waals surface area contributed by atoms with Crippen molar-refractivity contribution in [3.8, 4) is 0 Å². The zero-order chi connectivity index (χ0) is 19.9. The van der Waals surface area contributed by atoms with Crippen LogP contribution in [0.3, 0.4) is 0 Å². The molecule has 0 radical (unpaired) electrons. The van der Waals surface area contributed by atoms with Gasteiger partial charge in [0, 0.05) is 6.08 Å². The van der Waals surface area contributed by atoms with Crippen LogP contribution in [0.1, 0.15) is 24.1 Å². The molecule has 0 aliphatic carbocycles. The third-order valence-corrected chi connectivity index (χ3v) is 4.29. The molecule has 0 heterocycles. The number of fused-ring (bicyclic) bond motifs is 1. The number of carbonyl (C=O) groups is 2. The molecule has 0 fully saturated rings. The summed E-state index contributed by atoms with van der Waals surface area (Å²) in [5, 5.41) is 5.00. The Morgan fingerprint density at radius 1 is 1.04 bits per heavy atom. The van der Waals surface area contributed by atoms with Gasteiger partial charge in [-0.25, -0.2) is 9.18 Å². The second kappa shape index (κ2) is 8.95. The fraction of sp³-hybridized carbons (Fsp3) is 0.130. The van der Waals surface area contributed by atoms with Gasteiger partial charge in [0.25, 0.3) is 5.91 Å². The van der Waals surface area contributed by atoms with Gasteiger partial charge in [0.05, 0.1) is 6.04 Å². The van der Waals surface area contributed by atoms with Crippen LogP contribution >= 0.6 is 0 Å². The summed E-state index contributed by atoms with van der Waals surface area (Å²) >= 11 is 0. The van der Waals surface area contributed by atoms with E-state index < -0.39 is 5.97 Å². The number of nitrogens with one attached hydrogen (secondary N) is 1. The van der Waals surface area contributed by atoms with Crippen LogP contribution in [0.4, 0.5) is 4.39 Å². The predicted molar refractivity (Wildman–Crippen MR) is 107 cm³/mol. The van der Waals surface area contributed by atoms with E-state index in [2.05, 4.69) is 5.32 Å². The van der Waals surface area contributed by atoms with Crippen LogP contribution in [0.15, 0.2) is 72.8 Å². The Bertz CT molecular complexity index is 1010. The highest BCUT2D eigenvalue weighted by Gasteiger charge is 2.13. The Hall–Kier alpha value is -3.47. The zero-order valence-corrected chi connectivity index (χ0v) is 15.4. The highest BCUT2D eigenvalue weighted by Crippen LogP contribution is 2.23. The van der Waals surface area contributed by atoms with E-state index in [1.54, 1.807) is 0 Å². The fourth-order valence-electron chi connectivity index (χ4n) is 2.91. The Morgan fingerprint density at radius 3 is 2.54 bits per heavy atom. The van der Waals surface area contributed by atoms with E-state index in [4.69, 9.17) is 4.74 Å². The molecule has 4 nitrogen and oxygen atoms in total. The van der Waals surface area contributed by atoms with Crippen LogP contribution < -0.4 is 5.32 Å². The maximum Gasteiger partial charge on any atom is 0.331 e. The van der Waals surface area contributed by atoms with E-state index in [1.807, 2.05) is 49.4 Å². The molecular weight excluding hydrogens is 357 g/mol. The molecule has 0 aliphatic heterocycles. The van der Waals surface area contributed by atoms with Gasteiger partial charge in [-0.3, -0.25) is 4.79 Å². The molecular formula is C23H20FNO3. The van der Waals surface area contributed by atoms with Gasteiger partial charge in [0.2, 0.25) is 0 Å². The van der Waals surface area contributed by atoms with E-state index in [1.165, 1.54) is 36.4 Å². The van der Waals surface area contributed by atoms with Crippen molar-refractivity contribution in [3.05, 3.63) is 89.8 Å². The molecule has 3 rings (SSSR count). The lowest BCUT2D eigenvalue weighted by Crippen LogP contribution is -2.31. The molecule has 0 bridgehead atoms. The van der Waals surface area contributed by atoms with Gasteiger partial charge in [-0.2, -0.15) is 0 Å². The van der Waals surface area contributed by atoms with E-state index in [9.17, 15) is 14.0 Å². The minimum absolute atomic E-state index is 0.230. The number of amides is 1. The van der Waals surface area contributed by atoms with Gasteiger partial charge in [0.15, 0.2) is 6.61 Å². The average Bonchev–Trinajstić information content (AvgIpc) is 2.71. The molecule has 0 saturated heterocycles. The zero-order valence-electron chi connectivity index (χ0n) is 15.4. The first-order valence-corrected chi connectivity index (χ1v) is 8.90. The second-order valence-corrected chi connectivity index (χ2v) is 6.35. The summed E-state index contributed by atoms with van der Waals surface area (Å²) in [7, 11) is 0. The molecule has 0 saturated carbocycles. The van der Waals surface area contributed by atoms with E-state index in [0.29, 0.717) is 5.56 Å². The Morgan fingerprint density at radius 2 is 1.75 bits per heavy atom. The first-order valence-electron chi connectivity index (χ1n) is 8.90. The average molecular weight is 377 g/mol. The molecule has 1 N–H and O–H groups in total. The van der Waals surface area contributed by atoms with Crippen molar-refractivity contribution in [1.29, 1.82) is 0 Å². The fourth-order valence-corrected chi connectivity index (χ4v) is 2.91. The van der Waals surface area contributed by atoms with Crippen molar-refractivity contribution in [3.63, 3.8) is 0 Å².